The van der Waals surface area contributed by atoms with Crippen LogP contribution in [0.4, 0.5) is 10.1 Å². The van der Waals surface area contributed by atoms with Gasteiger partial charge in [-0.3, -0.25) is 4.79 Å². The maximum Gasteiger partial charge on any atom is 0.254 e. The van der Waals surface area contributed by atoms with Crippen molar-refractivity contribution in [2.24, 2.45) is 0 Å². The largest absolute Gasteiger partial charge is 0.375 e. The number of halogens is 1. The molecule has 1 amide bonds. The monoisotopic (exact) mass is 377 g/mol. The number of nitrogens with one attached hydrogen (secondary N) is 1. The summed E-state index contributed by atoms with van der Waals surface area (Å²) < 4.78 is 14.4. The lowest BCUT2D eigenvalue weighted by molar-refractivity contribution is 0.0441. The van der Waals surface area contributed by atoms with Crippen LogP contribution in [0.15, 0.2) is 18.2 Å². The first-order valence-corrected chi connectivity index (χ1v) is 10.0. The zero-order valence-electron chi connectivity index (χ0n) is 18.0. The molecule has 0 unspecified atom stereocenters. The predicted molar refractivity (Wildman–Crippen MR) is 111 cm³/mol. The normalized spacial score (nSPS) is 19.0. The Morgan fingerprint density at radius 2 is 1.78 bits per heavy atom. The topological polar surface area (TPSA) is 35.6 Å². The average molecular weight is 378 g/mol. The van der Waals surface area contributed by atoms with Crippen molar-refractivity contribution in [2.75, 3.05) is 25.5 Å². The van der Waals surface area contributed by atoms with E-state index in [-0.39, 0.29) is 28.8 Å². The molecule has 0 saturated carbocycles. The number of rotatable bonds is 6. The van der Waals surface area contributed by atoms with E-state index in [1.165, 1.54) is 6.07 Å². The Balaban J connectivity index is 2.32. The van der Waals surface area contributed by atoms with Crippen molar-refractivity contribution in [1.29, 1.82) is 0 Å². The predicted octanol–water partition coefficient (Wildman–Crippen LogP) is 4.44. The summed E-state index contributed by atoms with van der Waals surface area (Å²) in [4.78, 5) is 17.0. The number of hydrogen-bond acceptors (Lipinski definition) is 3. The van der Waals surface area contributed by atoms with E-state index >= 15 is 0 Å². The Hall–Kier alpha value is -1.62. The summed E-state index contributed by atoms with van der Waals surface area (Å²) in [6.45, 7) is 11.6. The lowest BCUT2D eigenvalue weighted by Gasteiger charge is -2.49. The maximum atomic E-state index is 14.4. The molecule has 5 heteroatoms. The van der Waals surface area contributed by atoms with Crippen LogP contribution in [0.3, 0.4) is 0 Å². The molecule has 152 valence electrons. The molecule has 1 aliphatic rings. The van der Waals surface area contributed by atoms with Crippen molar-refractivity contribution in [3.05, 3.63) is 29.6 Å². The van der Waals surface area contributed by atoms with Crippen molar-refractivity contribution in [3.8, 4) is 0 Å². The number of unbranched alkanes of at least 4 members (excludes halogenated alkanes) is 1. The number of anilines is 1. The lowest BCUT2D eigenvalue weighted by Crippen LogP contribution is -2.62. The highest BCUT2D eigenvalue weighted by Gasteiger charge is 2.41. The van der Waals surface area contributed by atoms with Crippen molar-refractivity contribution < 1.29 is 9.18 Å². The SMILES string of the molecule is CCCCN(C(=O)c1ccc(N(C)C)c(F)c1)C1CC(C)(C)NC(C)(C)C1. The van der Waals surface area contributed by atoms with E-state index in [2.05, 4.69) is 39.9 Å². The minimum Gasteiger partial charge on any atom is -0.375 e. The molecule has 0 aromatic heterocycles. The smallest absolute Gasteiger partial charge is 0.254 e. The number of nitrogens with zero attached hydrogens (tertiary/aromatic N) is 2. The Kier molecular flexibility index (Phi) is 6.56. The molecule has 1 aromatic carbocycles. The van der Waals surface area contributed by atoms with Crippen LogP contribution < -0.4 is 10.2 Å². The van der Waals surface area contributed by atoms with Crippen molar-refractivity contribution in [3.63, 3.8) is 0 Å². The number of carbonyl (C=O) groups excluding carboxylic acids is 1. The van der Waals surface area contributed by atoms with Gasteiger partial charge in [-0.15, -0.1) is 0 Å². The molecule has 0 bridgehead atoms. The van der Waals surface area contributed by atoms with Crippen molar-refractivity contribution >= 4 is 11.6 Å². The third-order valence-electron chi connectivity index (χ3n) is 5.30. The van der Waals surface area contributed by atoms with Gasteiger partial charge in [-0.25, -0.2) is 4.39 Å². The second kappa shape index (κ2) is 8.17. The van der Waals surface area contributed by atoms with Gasteiger partial charge in [0, 0.05) is 43.3 Å². The van der Waals surface area contributed by atoms with Crippen LogP contribution in [-0.2, 0) is 0 Å². The van der Waals surface area contributed by atoms with E-state index in [4.69, 9.17) is 0 Å². The van der Waals surface area contributed by atoms with Crippen LogP contribution in [0, 0.1) is 5.82 Å². The molecule has 0 aliphatic carbocycles. The summed E-state index contributed by atoms with van der Waals surface area (Å²) in [5.74, 6) is -0.418. The van der Waals surface area contributed by atoms with E-state index < -0.39 is 0 Å². The van der Waals surface area contributed by atoms with Gasteiger partial charge in [0.2, 0.25) is 0 Å². The molecule has 0 atom stereocenters. The standard InChI is InChI=1S/C22H36FN3O/c1-8-9-12-26(17-14-21(2,3)24-22(4,5)15-17)20(27)16-10-11-19(25(6)7)18(23)13-16/h10-11,13,17,24H,8-9,12,14-15H2,1-7H3. The minimum absolute atomic E-state index is 0.0445. The second-order valence-electron chi connectivity index (χ2n) is 9.37. The van der Waals surface area contributed by atoms with Crippen LogP contribution in [0.5, 0.6) is 0 Å². The van der Waals surface area contributed by atoms with E-state index in [1.54, 1.807) is 31.1 Å². The number of carbonyl (C=O) groups is 1. The summed E-state index contributed by atoms with van der Waals surface area (Å²) in [5.41, 5.74) is 0.841. The van der Waals surface area contributed by atoms with Crippen LogP contribution in [0.1, 0.15) is 70.7 Å². The summed E-state index contributed by atoms with van der Waals surface area (Å²) in [5, 5.41) is 3.68. The molecule has 1 heterocycles. The lowest BCUT2D eigenvalue weighted by atomic mass is 9.78. The third kappa shape index (κ3) is 5.44. The van der Waals surface area contributed by atoms with Crippen LogP contribution >= 0.6 is 0 Å². The first-order valence-electron chi connectivity index (χ1n) is 10.0. The fourth-order valence-electron chi connectivity index (χ4n) is 4.44. The minimum atomic E-state index is -0.354. The highest BCUT2D eigenvalue weighted by molar-refractivity contribution is 5.95. The van der Waals surface area contributed by atoms with Gasteiger partial charge in [0.25, 0.3) is 5.91 Å². The zero-order valence-corrected chi connectivity index (χ0v) is 18.0. The molecular formula is C22H36FN3O. The summed E-state index contributed by atoms with van der Waals surface area (Å²) in [6, 6.07) is 4.97. The fraction of sp³-hybridized carbons (Fsp3) is 0.682. The van der Waals surface area contributed by atoms with Crippen molar-refractivity contribution in [1.82, 2.24) is 10.2 Å². The van der Waals surface area contributed by atoms with E-state index in [1.807, 2.05) is 4.90 Å². The van der Waals surface area contributed by atoms with Crippen LogP contribution in [0.25, 0.3) is 0 Å². The summed E-state index contributed by atoms with van der Waals surface area (Å²) >= 11 is 0. The second-order valence-corrected chi connectivity index (χ2v) is 9.37. The Morgan fingerprint density at radius 1 is 1.19 bits per heavy atom. The molecule has 1 fully saturated rings. The molecule has 2 rings (SSSR count). The number of benzene rings is 1. The average Bonchev–Trinajstić information content (AvgIpc) is 2.51. The quantitative estimate of drug-likeness (QED) is 0.796. The number of hydrogen-bond donors (Lipinski definition) is 1. The first-order chi connectivity index (χ1) is 12.5. The molecule has 1 saturated heterocycles. The molecule has 1 aromatic rings. The van der Waals surface area contributed by atoms with Gasteiger partial charge in [0.05, 0.1) is 5.69 Å². The van der Waals surface area contributed by atoms with Gasteiger partial charge in [-0.1, -0.05) is 13.3 Å². The summed E-state index contributed by atoms with van der Waals surface area (Å²) in [6.07, 6.45) is 3.76. The van der Waals surface area contributed by atoms with E-state index in [0.717, 1.165) is 25.7 Å². The molecule has 4 nitrogen and oxygen atoms in total. The number of amides is 1. The summed E-state index contributed by atoms with van der Waals surface area (Å²) in [7, 11) is 3.60. The first kappa shape index (κ1) is 21.7. The third-order valence-corrected chi connectivity index (χ3v) is 5.30. The fourth-order valence-corrected chi connectivity index (χ4v) is 4.44. The Labute approximate surface area is 164 Å². The van der Waals surface area contributed by atoms with Gasteiger partial charge >= 0.3 is 0 Å². The Morgan fingerprint density at radius 3 is 2.26 bits per heavy atom. The van der Waals surface area contributed by atoms with E-state index in [9.17, 15) is 9.18 Å². The molecular weight excluding hydrogens is 341 g/mol. The highest BCUT2D eigenvalue weighted by Crippen LogP contribution is 2.32. The molecule has 0 spiro atoms. The van der Waals surface area contributed by atoms with Gasteiger partial charge < -0.3 is 15.1 Å². The highest BCUT2D eigenvalue weighted by atomic mass is 19.1. The Bertz CT molecular complexity index is 654. The van der Waals surface area contributed by atoms with Crippen LogP contribution in [-0.4, -0.2) is 48.6 Å². The molecule has 0 radical (unpaired) electrons. The van der Waals surface area contributed by atoms with E-state index in [0.29, 0.717) is 17.8 Å². The maximum absolute atomic E-state index is 14.4. The van der Waals surface area contributed by atoms with Crippen molar-refractivity contribution in [2.45, 2.75) is 77.4 Å². The number of piperidine rings is 1. The van der Waals surface area contributed by atoms with Gasteiger partial charge in [0.15, 0.2) is 0 Å². The zero-order chi connectivity index (χ0) is 20.4. The molecule has 27 heavy (non-hydrogen) atoms. The van der Waals surface area contributed by atoms with Gasteiger partial charge in [-0.05, 0) is 65.2 Å². The molecule has 1 N–H and O–H groups in total. The van der Waals surface area contributed by atoms with Gasteiger partial charge in [-0.2, -0.15) is 0 Å². The van der Waals surface area contributed by atoms with Gasteiger partial charge in [0.1, 0.15) is 5.82 Å². The molecule has 1 aliphatic heterocycles. The van der Waals surface area contributed by atoms with Crippen LogP contribution in [0.2, 0.25) is 0 Å².